The Balaban J connectivity index is 1.69. The number of carbonyl (C=O) groups excluding carboxylic acids is 1. The van der Waals surface area contributed by atoms with Crippen molar-refractivity contribution in [2.45, 2.75) is 11.8 Å². The predicted octanol–water partition coefficient (Wildman–Crippen LogP) is 5.02. The zero-order valence-electron chi connectivity index (χ0n) is 15.6. The summed E-state index contributed by atoms with van der Waals surface area (Å²) in [6.07, 6.45) is 0. The number of hydrogen-bond acceptors (Lipinski definition) is 5. The molecule has 5 nitrogen and oxygen atoms in total. The maximum absolute atomic E-state index is 13.1. The number of halogens is 1. The van der Waals surface area contributed by atoms with Gasteiger partial charge >= 0.3 is 5.97 Å². The van der Waals surface area contributed by atoms with Gasteiger partial charge in [-0.05, 0) is 41.5 Å². The van der Waals surface area contributed by atoms with E-state index >= 15 is 0 Å². The molecule has 0 unspecified atom stereocenters. The minimum Gasteiger partial charge on any atom is -0.497 e. The van der Waals surface area contributed by atoms with Crippen LogP contribution in [0.1, 0.15) is 28.5 Å². The Morgan fingerprint density at radius 3 is 2.17 bits per heavy atom. The fraction of sp³-hybridized carbons (Fsp3) is 0.174. The third kappa shape index (κ3) is 3.13. The molecule has 0 fully saturated rings. The van der Waals surface area contributed by atoms with E-state index in [1.54, 1.807) is 13.2 Å². The summed E-state index contributed by atoms with van der Waals surface area (Å²) in [6, 6.07) is 19.2. The molecule has 2 aliphatic rings. The van der Waals surface area contributed by atoms with Crippen LogP contribution >= 0.6 is 15.9 Å². The highest BCUT2D eigenvalue weighted by molar-refractivity contribution is 9.10. The normalized spacial score (nSPS) is 19.4. The molecule has 0 saturated heterocycles. The van der Waals surface area contributed by atoms with E-state index in [0.29, 0.717) is 17.2 Å². The van der Waals surface area contributed by atoms with Crippen molar-refractivity contribution in [1.82, 2.24) is 0 Å². The molecule has 2 aliphatic heterocycles. The van der Waals surface area contributed by atoms with Gasteiger partial charge in [-0.15, -0.1) is 0 Å². The smallest absolute Gasteiger partial charge is 0.319 e. The zero-order valence-corrected chi connectivity index (χ0v) is 17.1. The Morgan fingerprint density at radius 1 is 0.862 bits per heavy atom. The molecule has 0 N–H and O–H groups in total. The van der Waals surface area contributed by atoms with Crippen molar-refractivity contribution < 1.29 is 23.7 Å². The topological polar surface area (TPSA) is 54.0 Å². The highest BCUT2D eigenvalue weighted by Crippen LogP contribution is 2.50. The minimum absolute atomic E-state index is 0.162. The molecule has 0 aromatic heterocycles. The van der Waals surface area contributed by atoms with Gasteiger partial charge in [0.25, 0.3) is 0 Å². The van der Waals surface area contributed by atoms with Gasteiger partial charge in [0.2, 0.25) is 6.79 Å². The van der Waals surface area contributed by atoms with Gasteiger partial charge in [-0.1, -0.05) is 40.2 Å². The Labute approximate surface area is 176 Å². The standard InChI is InChI=1S/C23H17BrO5/c1-26-16-8-4-13(5-9-16)21-17-10-19-20(28-12-27-19)11-18(17)29-23(25)22(21)14-2-6-15(24)7-3-14/h2-11,21-22H,12H2,1H3/t21-,22-/m0/s1. The number of esters is 1. The van der Waals surface area contributed by atoms with E-state index in [-0.39, 0.29) is 18.7 Å². The lowest BCUT2D eigenvalue weighted by atomic mass is 9.75. The molecule has 2 atom stereocenters. The average molecular weight is 453 g/mol. The third-order valence-corrected chi connectivity index (χ3v) is 5.87. The minimum atomic E-state index is -0.482. The van der Waals surface area contributed by atoms with E-state index in [0.717, 1.165) is 26.9 Å². The van der Waals surface area contributed by atoms with E-state index in [9.17, 15) is 4.79 Å². The first-order valence-electron chi connectivity index (χ1n) is 9.18. The maximum Gasteiger partial charge on any atom is 0.319 e. The lowest BCUT2D eigenvalue weighted by Gasteiger charge is -2.33. The van der Waals surface area contributed by atoms with Gasteiger partial charge in [-0.2, -0.15) is 0 Å². The molecular formula is C23H17BrO5. The van der Waals surface area contributed by atoms with Crippen LogP contribution in [0.2, 0.25) is 0 Å². The van der Waals surface area contributed by atoms with Crippen LogP contribution in [-0.4, -0.2) is 19.9 Å². The van der Waals surface area contributed by atoms with Crippen LogP contribution in [0.25, 0.3) is 0 Å². The van der Waals surface area contributed by atoms with Gasteiger partial charge < -0.3 is 18.9 Å². The number of rotatable bonds is 3. The van der Waals surface area contributed by atoms with Crippen LogP contribution in [0, 0.1) is 0 Å². The molecule has 3 aromatic carbocycles. The molecular weight excluding hydrogens is 436 g/mol. The fourth-order valence-corrected chi connectivity index (χ4v) is 4.20. The first-order chi connectivity index (χ1) is 14.1. The number of ether oxygens (including phenoxy) is 4. The second-order valence-corrected chi connectivity index (χ2v) is 7.86. The molecule has 0 aliphatic carbocycles. The summed E-state index contributed by atoms with van der Waals surface area (Å²) in [4.78, 5) is 13.1. The van der Waals surface area contributed by atoms with E-state index in [1.807, 2.05) is 54.6 Å². The van der Waals surface area contributed by atoms with Crippen molar-refractivity contribution in [3.63, 3.8) is 0 Å². The van der Waals surface area contributed by atoms with Crippen molar-refractivity contribution in [1.29, 1.82) is 0 Å². The van der Waals surface area contributed by atoms with E-state index < -0.39 is 5.92 Å². The molecule has 146 valence electrons. The van der Waals surface area contributed by atoms with Gasteiger partial charge in [0.05, 0.1) is 13.0 Å². The SMILES string of the molecule is COc1ccc([C@H]2c3cc4c(cc3OC(=O)[C@H]2c2ccc(Br)cc2)OCO4)cc1. The Morgan fingerprint density at radius 2 is 1.48 bits per heavy atom. The summed E-state index contributed by atoms with van der Waals surface area (Å²) in [6.45, 7) is 0.162. The predicted molar refractivity (Wildman–Crippen MR) is 110 cm³/mol. The average Bonchev–Trinajstić information content (AvgIpc) is 3.19. The zero-order chi connectivity index (χ0) is 20.0. The first-order valence-corrected chi connectivity index (χ1v) is 9.98. The van der Waals surface area contributed by atoms with E-state index in [4.69, 9.17) is 18.9 Å². The van der Waals surface area contributed by atoms with E-state index in [1.165, 1.54) is 0 Å². The molecule has 3 aromatic rings. The maximum atomic E-state index is 13.1. The molecule has 2 heterocycles. The molecule has 0 bridgehead atoms. The van der Waals surface area contributed by atoms with Gasteiger partial charge in [0.1, 0.15) is 11.5 Å². The summed E-state index contributed by atoms with van der Waals surface area (Å²) in [7, 11) is 1.63. The highest BCUT2D eigenvalue weighted by atomic mass is 79.9. The quantitative estimate of drug-likeness (QED) is 0.412. The number of carbonyl (C=O) groups is 1. The molecule has 6 heteroatoms. The largest absolute Gasteiger partial charge is 0.497 e. The number of benzene rings is 3. The summed E-state index contributed by atoms with van der Waals surface area (Å²) < 4.78 is 23.0. The lowest BCUT2D eigenvalue weighted by Crippen LogP contribution is -2.30. The van der Waals surface area contributed by atoms with Crippen LogP contribution in [0.4, 0.5) is 0 Å². The number of hydrogen-bond donors (Lipinski definition) is 0. The Kier molecular flexibility index (Phi) is 4.43. The number of methoxy groups -OCH3 is 1. The lowest BCUT2D eigenvalue weighted by molar-refractivity contribution is -0.137. The van der Waals surface area contributed by atoms with Crippen molar-refractivity contribution >= 4 is 21.9 Å². The third-order valence-electron chi connectivity index (χ3n) is 5.34. The molecule has 0 spiro atoms. The second kappa shape index (κ2) is 7.12. The van der Waals surface area contributed by atoms with Crippen molar-refractivity contribution in [3.8, 4) is 23.0 Å². The van der Waals surface area contributed by atoms with Crippen LogP contribution in [0.15, 0.2) is 65.1 Å². The van der Waals surface area contributed by atoms with Crippen molar-refractivity contribution in [2.24, 2.45) is 0 Å². The molecule has 0 radical (unpaired) electrons. The Bertz CT molecular complexity index is 1080. The molecule has 0 amide bonds. The molecule has 29 heavy (non-hydrogen) atoms. The van der Waals surface area contributed by atoms with Crippen LogP contribution < -0.4 is 18.9 Å². The van der Waals surface area contributed by atoms with Crippen LogP contribution in [0.5, 0.6) is 23.0 Å². The summed E-state index contributed by atoms with van der Waals surface area (Å²) >= 11 is 3.46. The van der Waals surface area contributed by atoms with Crippen molar-refractivity contribution in [2.75, 3.05) is 13.9 Å². The summed E-state index contributed by atoms with van der Waals surface area (Å²) in [5.74, 6) is 1.52. The monoisotopic (exact) mass is 452 g/mol. The van der Waals surface area contributed by atoms with Gasteiger partial charge in [0, 0.05) is 22.0 Å². The van der Waals surface area contributed by atoms with Crippen molar-refractivity contribution in [3.05, 3.63) is 81.8 Å². The summed E-state index contributed by atoms with van der Waals surface area (Å²) in [5.41, 5.74) is 2.78. The summed E-state index contributed by atoms with van der Waals surface area (Å²) in [5, 5.41) is 0. The van der Waals surface area contributed by atoms with Crippen LogP contribution in [-0.2, 0) is 4.79 Å². The number of fused-ring (bicyclic) bond motifs is 2. The molecule has 5 rings (SSSR count). The van der Waals surface area contributed by atoms with Gasteiger partial charge in [-0.3, -0.25) is 4.79 Å². The van der Waals surface area contributed by atoms with Gasteiger partial charge in [0.15, 0.2) is 11.5 Å². The second-order valence-electron chi connectivity index (χ2n) is 6.94. The van der Waals surface area contributed by atoms with Gasteiger partial charge in [-0.25, -0.2) is 0 Å². The Hall–Kier alpha value is -2.99. The first kappa shape index (κ1) is 18.1. The molecule has 0 saturated carbocycles. The van der Waals surface area contributed by atoms with Crippen LogP contribution in [0.3, 0.4) is 0 Å². The van der Waals surface area contributed by atoms with E-state index in [2.05, 4.69) is 15.9 Å². The highest BCUT2D eigenvalue weighted by Gasteiger charge is 2.41. The fourth-order valence-electron chi connectivity index (χ4n) is 3.94.